The Morgan fingerprint density at radius 3 is 2.59 bits per heavy atom. The smallest absolute Gasteiger partial charge is 0.304 e. The van der Waals surface area contributed by atoms with E-state index in [1.54, 1.807) is 0 Å². The van der Waals surface area contributed by atoms with Crippen LogP contribution in [0, 0.1) is 0 Å². The van der Waals surface area contributed by atoms with Crippen molar-refractivity contribution >= 4 is 11.9 Å². The van der Waals surface area contributed by atoms with Gasteiger partial charge in [-0.15, -0.1) is 0 Å². The number of ether oxygens (including phenoxy) is 2. The van der Waals surface area contributed by atoms with E-state index in [0.717, 1.165) is 13.1 Å². The first-order valence-electron chi connectivity index (χ1n) is 5.76. The highest BCUT2D eigenvalue weighted by molar-refractivity contribution is 5.67. The van der Waals surface area contributed by atoms with Crippen LogP contribution < -0.4 is 0 Å². The molecule has 1 saturated heterocycles. The first-order valence-corrected chi connectivity index (χ1v) is 5.76. The Morgan fingerprint density at radius 1 is 1.41 bits per heavy atom. The summed E-state index contributed by atoms with van der Waals surface area (Å²) >= 11 is 0. The molecule has 0 aromatic rings. The quantitative estimate of drug-likeness (QED) is 0.670. The van der Waals surface area contributed by atoms with Crippen LogP contribution in [0.1, 0.15) is 19.8 Å². The normalized spacial score (nSPS) is 18.6. The molecule has 1 aliphatic heterocycles. The van der Waals surface area contributed by atoms with Crippen molar-refractivity contribution in [2.75, 3.05) is 32.9 Å². The molecule has 0 amide bonds. The highest BCUT2D eigenvalue weighted by Crippen LogP contribution is 2.11. The lowest BCUT2D eigenvalue weighted by Crippen LogP contribution is -2.45. The molecular formula is C11H19NO5. The SMILES string of the molecule is CC(=O)OCCC(CC(=O)O)N1CCOCC1. The van der Waals surface area contributed by atoms with Crippen molar-refractivity contribution in [2.24, 2.45) is 0 Å². The van der Waals surface area contributed by atoms with Crippen LogP contribution in [0.2, 0.25) is 0 Å². The fourth-order valence-electron chi connectivity index (χ4n) is 1.90. The number of hydrogen-bond donors (Lipinski definition) is 1. The number of morpholine rings is 1. The van der Waals surface area contributed by atoms with Gasteiger partial charge >= 0.3 is 11.9 Å². The molecule has 0 bridgehead atoms. The lowest BCUT2D eigenvalue weighted by Gasteiger charge is -2.33. The maximum Gasteiger partial charge on any atom is 0.304 e. The Balaban J connectivity index is 2.40. The van der Waals surface area contributed by atoms with Gasteiger partial charge < -0.3 is 14.6 Å². The van der Waals surface area contributed by atoms with Gasteiger partial charge in [0.2, 0.25) is 0 Å². The van der Waals surface area contributed by atoms with Gasteiger partial charge in [-0.2, -0.15) is 0 Å². The molecule has 0 aliphatic carbocycles. The van der Waals surface area contributed by atoms with Gasteiger partial charge in [0.1, 0.15) is 0 Å². The molecule has 1 rings (SSSR count). The van der Waals surface area contributed by atoms with Crippen molar-refractivity contribution in [2.45, 2.75) is 25.8 Å². The van der Waals surface area contributed by atoms with E-state index < -0.39 is 5.97 Å². The molecule has 1 atom stereocenters. The van der Waals surface area contributed by atoms with Crippen LogP contribution >= 0.6 is 0 Å². The highest BCUT2D eigenvalue weighted by atomic mass is 16.5. The number of carboxylic acids is 1. The molecule has 0 saturated carbocycles. The molecule has 17 heavy (non-hydrogen) atoms. The van der Waals surface area contributed by atoms with E-state index in [1.807, 2.05) is 0 Å². The molecule has 0 aromatic heterocycles. The van der Waals surface area contributed by atoms with Crippen molar-refractivity contribution in [3.8, 4) is 0 Å². The summed E-state index contributed by atoms with van der Waals surface area (Å²) in [6.45, 7) is 4.34. The molecule has 0 radical (unpaired) electrons. The van der Waals surface area contributed by atoms with Gasteiger partial charge in [0.25, 0.3) is 0 Å². The third-order valence-electron chi connectivity index (χ3n) is 2.73. The minimum Gasteiger partial charge on any atom is -0.481 e. The predicted octanol–water partition coefficient (Wildman–Crippen LogP) is 0.115. The number of carboxylic acid groups (broad SMARTS) is 1. The number of carbonyl (C=O) groups excluding carboxylic acids is 1. The lowest BCUT2D eigenvalue weighted by atomic mass is 10.1. The average molecular weight is 245 g/mol. The molecule has 1 aliphatic rings. The molecule has 6 nitrogen and oxygen atoms in total. The van der Waals surface area contributed by atoms with Gasteiger partial charge in [-0.05, 0) is 6.42 Å². The summed E-state index contributed by atoms with van der Waals surface area (Å²) in [5.41, 5.74) is 0. The van der Waals surface area contributed by atoms with E-state index in [1.165, 1.54) is 6.92 Å². The molecule has 1 fully saturated rings. The van der Waals surface area contributed by atoms with Crippen LogP contribution in [0.4, 0.5) is 0 Å². The zero-order valence-electron chi connectivity index (χ0n) is 10.1. The van der Waals surface area contributed by atoms with Gasteiger partial charge in [-0.1, -0.05) is 0 Å². The van der Waals surface area contributed by atoms with E-state index in [0.29, 0.717) is 19.6 Å². The highest BCUT2D eigenvalue weighted by Gasteiger charge is 2.23. The number of hydrogen-bond acceptors (Lipinski definition) is 5. The maximum absolute atomic E-state index is 10.8. The maximum atomic E-state index is 10.8. The molecule has 1 N–H and O–H groups in total. The summed E-state index contributed by atoms with van der Waals surface area (Å²) in [6, 6.07) is -0.0873. The summed E-state index contributed by atoms with van der Waals surface area (Å²) in [7, 11) is 0. The molecule has 1 unspecified atom stereocenters. The van der Waals surface area contributed by atoms with Crippen molar-refractivity contribution in [1.82, 2.24) is 4.90 Å². The number of esters is 1. The second-order valence-electron chi connectivity index (χ2n) is 4.03. The lowest BCUT2D eigenvalue weighted by molar-refractivity contribution is -0.142. The molecule has 98 valence electrons. The van der Waals surface area contributed by atoms with Gasteiger partial charge in [0.15, 0.2) is 0 Å². The third kappa shape index (κ3) is 5.65. The Hall–Kier alpha value is -1.14. The predicted molar refractivity (Wildman–Crippen MR) is 59.7 cm³/mol. The van der Waals surface area contributed by atoms with Crippen molar-refractivity contribution in [3.63, 3.8) is 0 Å². The minimum absolute atomic E-state index is 0.0707. The zero-order chi connectivity index (χ0) is 12.7. The van der Waals surface area contributed by atoms with E-state index in [2.05, 4.69) is 4.90 Å². The zero-order valence-corrected chi connectivity index (χ0v) is 10.1. The summed E-state index contributed by atoms with van der Waals surface area (Å²) in [4.78, 5) is 23.5. The van der Waals surface area contributed by atoms with Crippen LogP contribution in [0.3, 0.4) is 0 Å². The summed E-state index contributed by atoms with van der Waals surface area (Å²) in [6.07, 6.45) is 0.618. The monoisotopic (exact) mass is 245 g/mol. The van der Waals surface area contributed by atoms with E-state index in [-0.39, 0.29) is 25.0 Å². The minimum atomic E-state index is -0.829. The first kappa shape index (κ1) is 13.9. The van der Waals surface area contributed by atoms with Crippen molar-refractivity contribution < 1.29 is 24.2 Å². The summed E-state index contributed by atoms with van der Waals surface area (Å²) < 4.78 is 10.1. The van der Waals surface area contributed by atoms with E-state index >= 15 is 0 Å². The molecule has 0 aromatic carbocycles. The molecule has 6 heteroatoms. The fourth-order valence-corrected chi connectivity index (χ4v) is 1.90. The van der Waals surface area contributed by atoms with Gasteiger partial charge in [0.05, 0.1) is 26.2 Å². The average Bonchev–Trinajstić information content (AvgIpc) is 2.28. The fraction of sp³-hybridized carbons (Fsp3) is 0.818. The van der Waals surface area contributed by atoms with Crippen molar-refractivity contribution in [1.29, 1.82) is 0 Å². The first-order chi connectivity index (χ1) is 8.09. The number of aliphatic carboxylic acids is 1. The molecule has 1 heterocycles. The second-order valence-corrected chi connectivity index (χ2v) is 4.03. The Morgan fingerprint density at radius 2 is 2.06 bits per heavy atom. The van der Waals surface area contributed by atoms with Crippen LogP contribution in [0.5, 0.6) is 0 Å². The van der Waals surface area contributed by atoms with Gasteiger partial charge in [-0.25, -0.2) is 0 Å². The molecular weight excluding hydrogens is 226 g/mol. The number of carbonyl (C=O) groups is 2. The molecule has 0 spiro atoms. The second kappa shape index (κ2) is 7.24. The van der Waals surface area contributed by atoms with Crippen LogP contribution in [-0.2, 0) is 19.1 Å². The number of nitrogens with zero attached hydrogens (tertiary/aromatic N) is 1. The van der Waals surface area contributed by atoms with E-state index in [4.69, 9.17) is 14.6 Å². The van der Waals surface area contributed by atoms with Gasteiger partial charge in [-0.3, -0.25) is 14.5 Å². The Kier molecular flexibility index (Phi) is 5.93. The van der Waals surface area contributed by atoms with Crippen molar-refractivity contribution in [3.05, 3.63) is 0 Å². The van der Waals surface area contributed by atoms with Gasteiger partial charge in [0, 0.05) is 26.1 Å². The van der Waals surface area contributed by atoms with E-state index in [9.17, 15) is 9.59 Å². The number of rotatable bonds is 6. The largest absolute Gasteiger partial charge is 0.481 e. The van der Waals surface area contributed by atoms with Crippen LogP contribution in [0.15, 0.2) is 0 Å². The Bertz CT molecular complexity index is 263. The summed E-state index contributed by atoms with van der Waals surface area (Å²) in [5, 5.41) is 8.86. The topological polar surface area (TPSA) is 76.1 Å². The standard InChI is InChI=1S/C11H19NO5/c1-9(13)17-5-2-10(8-11(14)15)12-3-6-16-7-4-12/h10H,2-8H2,1H3,(H,14,15). The van der Waals surface area contributed by atoms with Crippen LogP contribution in [0.25, 0.3) is 0 Å². The summed E-state index contributed by atoms with van der Waals surface area (Å²) in [5.74, 6) is -1.16. The third-order valence-corrected chi connectivity index (χ3v) is 2.73. The van der Waals surface area contributed by atoms with Crippen LogP contribution in [-0.4, -0.2) is 60.9 Å². The Labute approximate surface area is 100 Å².